The molecule has 0 aromatic heterocycles. The zero-order valence-electron chi connectivity index (χ0n) is 5.72. The Hall–Kier alpha value is -0.690. The molecular weight excluding hydrogens is 133 g/mol. The first-order chi connectivity index (χ1) is 4.86. The molecule has 2 atom stereocenters. The molecule has 0 bridgehead atoms. The summed E-state index contributed by atoms with van der Waals surface area (Å²) in [6.45, 7) is -0.273. The van der Waals surface area contributed by atoms with E-state index in [0.29, 0.717) is 0 Å². The summed E-state index contributed by atoms with van der Waals surface area (Å²) in [5, 5.41) is 0. The minimum Gasteiger partial charge on any atom is -0.251 e. The van der Waals surface area contributed by atoms with Crippen LogP contribution in [0.4, 0.5) is 4.39 Å². The number of aliphatic imine (C=N–C) groups is 1. The van der Waals surface area contributed by atoms with Crippen LogP contribution < -0.4 is 0 Å². The molecule has 0 aromatic carbocycles. The van der Waals surface area contributed by atoms with Gasteiger partial charge in [0.15, 0.2) is 0 Å². The van der Waals surface area contributed by atoms with Crippen molar-refractivity contribution in [3.8, 4) is 0 Å². The predicted octanol–water partition coefficient (Wildman–Crippen LogP) is 1.46. The Labute approximate surface area is 59.1 Å². The van der Waals surface area contributed by atoms with Gasteiger partial charge in [-0.25, -0.2) is 9.79 Å². The molecule has 1 fully saturated rings. The Morgan fingerprint density at radius 3 is 2.90 bits per heavy atom. The highest BCUT2D eigenvalue weighted by Crippen LogP contribution is 2.27. The summed E-state index contributed by atoms with van der Waals surface area (Å²) < 4.78 is 12.0. The molecule has 2 unspecified atom stereocenters. The Balaban J connectivity index is 2.35. The van der Waals surface area contributed by atoms with Crippen molar-refractivity contribution < 1.29 is 9.18 Å². The SMILES string of the molecule is O=C=NC1CCC(CF)C1. The van der Waals surface area contributed by atoms with Crippen molar-refractivity contribution in [3.63, 3.8) is 0 Å². The molecule has 0 aliphatic heterocycles. The summed E-state index contributed by atoms with van der Waals surface area (Å²) in [6.07, 6.45) is 3.95. The maximum Gasteiger partial charge on any atom is 0.235 e. The van der Waals surface area contributed by atoms with Gasteiger partial charge in [0, 0.05) is 0 Å². The second-order valence-electron chi connectivity index (χ2n) is 2.71. The molecule has 10 heavy (non-hydrogen) atoms. The highest BCUT2D eigenvalue weighted by atomic mass is 19.1. The lowest BCUT2D eigenvalue weighted by Crippen LogP contribution is -1.99. The number of hydrogen-bond acceptors (Lipinski definition) is 2. The quantitative estimate of drug-likeness (QED) is 0.425. The van der Waals surface area contributed by atoms with Crippen LogP contribution in [0.25, 0.3) is 0 Å². The Kier molecular flexibility index (Phi) is 2.57. The van der Waals surface area contributed by atoms with Gasteiger partial charge >= 0.3 is 0 Å². The van der Waals surface area contributed by atoms with Gasteiger partial charge in [0.05, 0.1) is 12.7 Å². The maximum absolute atomic E-state index is 12.0. The van der Waals surface area contributed by atoms with Crippen molar-refractivity contribution in [2.24, 2.45) is 10.9 Å². The summed E-state index contributed by atoms with van der Waals surface area (Å²) in [6, 6.07) is 0.0539. The molecule has 2 nitrogen and oxygen atoms in total. The first kappa shape index (κ1) is 7.42. The summed E-state index contributed by atoms with van der Waals surface area (Å²) in [7, 11) is 0. The molecule has 0 aromatic rings. The van der Waals surface area contributed by atoms with E-state index < -0.39 is 0 Å². The van der Waals surface area contributed by atoms with Crippen LogP contribution in [0, 0.1) is 5.92 Å². The van der Waals surface area contributed by atoms with E-state index in [1.165, 1.54) is 6.08 Å². The fraction of sp³-hybridized carbons (Fsp3) is 0.857. The van der Waals surface area contributed by atoms with Crippen LogP contribution in [0.5, 0.6) is 0 Å². The normalized spacial score (nSPS) is 31.7. The number of carbonyl (C=O) groups excluding carboxylic acids is 1. The Morgan fingerprint density at radius 1 is 1.60 bits per heavy atom. The van der Waals surface area contributed by atoms with Crippen LogP contribution in [0.3, 0.4) is 0 Å². The Bertz CT molecular complexity index is 154. The number of halogens is 1. The zero-order valence-corrected chi connectivity index (χ0v) is 5.72. The van der Waals surface area contributed by atoms with Gasteiger partial charge in [-0.2, -0.15) is 0 Å². The molecule has 1 aliphatic rings. The van der Waals surface area contributed by atoms with Gasteiger partial charge in [-0.3, -0.25) is 4.39 Å². The number of isocyanates is 1. The van der Waals surface area contributed by atoms with E-state index in [-0.39, 0.29) is 18.6 Å². The first-order valence-electron chi connectivity index (χ1n) is 3.49. The number of nitrogens with zero attached hydrogens (tertiary/aromatic N) is 1. The summed E-state index contributed by atoms with van der Waals surface area (Å²) in [5.41, 5.74) is 0. The van der Waals surface area contributed by atoms with Gasteiger partial charge in [0.2, 0.25) is 6.08 Å². The van der Waals surface area contributed by atoms with Gasteiger partial charge in [-0.1, -0.05) is 0 Å². The largest absolute Gasteiger partial charge is 0.251 e. The van der Waals surface area contributed by atoms with Crippen LogP contribution in [-0.2, 0) is 4.79 Å². The molecule has 0 amide bonds. The van der Waals surface area contributed by atoms with E-state index in [9.17, 15) is 9.18 Å². The van der Waals surface area contributed by atoms with Crippen LogP contribution in [-0.4, -0.2) is 18.8 Å². The van der Waals surface area contributed by atoms with E-state index in [0.717, 1.165) is 19.3 Å². The van der Waals surface area contributed by atoms with Gasteiger partial charge in [-0.05, 0) is 25.2 Å². The average Bonchev–Trinajstić information content (AvgIpc) is 2.37. The highest BCUT2D eigenvalue weighted by molar-refractivity contribution is 5.33. The minimum atomic E-state index is -0.273. The zero-order chi connectivity index (χ0) is 7.40. The van der Waals surface area contributed by atoms with Crippen molar-refractivity contribution in [2.75, 3.05) is 6.67 Å². The Morgan fingerprint density at radius 2 is 2.40 bits per heavy atom. The lowest BCUT2D eigenvalue weighted by molar-refractivity contribution is 0.365. The third kappa shape index (κ3) is 1.64. The fourth-order valence-electron chi connectivity index (χ4n) is 1.38. The molecule has 0 saturated heterocycles. The summed E-state index contributed by atoms with van der Waals surface area (Å²) >= 11 is 0. The number of alkyl halides is 1. The third-order valence-electron chi connectivity index (χ3n) is 1.97. The minimum absolute atomic E-state index is 0.0539. The third-order valence-corrected chi connectivity index (χ3v) is 1.97. The van der Waals surface area contributed by atoms with E-state index in [2.05, 4.69) is 4.99 Å². The lowest BCUT2D eigenvalue weighted by Gasteiger charge is -1.99. The van der Waals surface area contributed by atoms with Crippen LogP contribution >= 0.6 is 0 Å². The highest BCUT2D eigenvalue weighted by Gasteiger charge is 2.23. The molecule has 56 valence electrons. The average molecular weight is 143 g/mol. The van der Waals surface area contributed by atoms with E-state index in [1.807, 2.05) is 0 Å². The van der Waals surface area contributed by atoms with E-state index in [1.54, 1.807) is 0 Å². The molecule has 1 rings (SSSR count). The molecule has 0 heterocycles. The van der Waals surface area contributed by atoms with Crippen molar-refractivity contribution in [1.82, 2.24) is 0 Å². The van der Waals surface area contributed by atoms with Gasteiger partial charge in [0.1, 0.15) is 0 Å². The lowest BCUT2D eigenvalue weighted by atomic mass is 10.1. The maximum atomic E-state index is 12.0. The summed E-state index contributed by atoms with van der Waals surface area (Å²) in [4.78, 5) is 13.3. The summed E-state index contributed by atoms with van der Waals surface area (Å²) in [5.74, 6) is 0.141. The second-order valence-corrected chi connectivity index (χ2v) is 2.71. The molecule has 0 N–H and O–H groups in total. The standard InChI is InChI=1S/C7H10FNO/c8-4-6-1-2-7(3-6)9-5-10/h6-7H,1-4H2. The number of rotatable bonds is 2. The van der Waals surface area contributed by atoms with Crippen molar-refractivity contribution in [3.05, 3.63) is 0 Å². The van der Waals surface area contributed by atoms with Crippen molar-refractivity contribution in [2.45, 2.75) is 25.3 Å². The van der Waals surface area contributed by atoms with Crippen LogP contribution in [0.1, 0.15) is 19.3 Å². The molecule has 3 heteroatoms. The monoisotopic (exact) mass is 143 g/mol. The molecule has 0 spiro atoms. The smallest absolute Gasteiger partial charge is 0.235 e. The fourth-order valence-corrected chi connectivity index (χ4v) is 1.38. The molecule has 0 radical (unpaired) electrons. The van der Waals surface area contributed by atoms with Gasteiger partial charge in [-0.15, -0.1) is 0 Å². The van der Waals surface area contributed by atoms with Gasteiger partial charge in [0.25, 0.3) is 0 Å². The first-order valence-corrected chi connectivity index (χ1v) is 3.49. The van der Waals surface area contributed by atoms with Crippen LogP contribution in [0.2, 0.25) is 0 Å². The number of hydrogen-bond donors (Lipinski definition) is 0. The van der Waals surface area contributed by atoms with Crippen molar-refractivity contribution >= 4 is 6.08 Å². The van der Waals surface area contributed by atoms with Crippen LogP contribution in [0.15, 0.2) is 4.99 Å². The molecule has 1 aliphatic carbocycles. The molecule has 1 saturated carbocycles. The topological polar surface area (TPSA) is 29.4 Å². The second kappa shape index (κ2) is 3.47. The van der Waals surface area contributed by atoms with E-state index in [4.69, 9.17) is 0 Å². The van der Waals surface area contributed by atoms with Crippen molar-refractivity contribution in [1.29, 1.82) is 0 Å². The molecular formula is C7H10FNO. The predicted molar refractivity (Wildman–Crippen MR) is 35.2 cm³/mol. The van der Waals surface area contributed by atoms with Gasteiger partial charge < -0.3 is 0 Å². The van der Waals surface area contributed by atoms with E-state index >= 15 is 0 Å².